The minimum Gasteiger partial charge on any atom is -0.493 e. The Bertz CT molecular complexity index is 897. The van der Waals surface area contributed by atoms with Gasteiger partial charge in [0.05, 0.1) is 13.3 Å². The normalized spacial score (nSPS) is 10.5. The fraction of sp³-hybridized carbons (Fsp3) is 0.0500. The highest BCUT2D eigenvalue weighted by Gasteiger charge is 2.07. The fourth-order valence-electron chi connectivity index (χ4n) is 2.20. The van der Waals surface area contributed by atoms with Crippen LogP contribution in [0.4, 0.5) is 0 Å². The number of rotatable bonds is 6. The summed E-state index contributed by atoms with van der Waals surface area (Å²) in [7, 11) is 1.57. The quantitative estimate of drug-likeness (QED) is 0.546. The molecule has 3 rings (SSSR count). The minimum atomic E-state index is -0.306. The number of hydrogen-bond donors (Lipinski definition) is 1. The van der Waals surface area contributed by atoms with Crippen LogP contribution in [0.25, 0.3) is 0 Å². The van der Waals surface area contributed by atoms with Crippen LogP contribution in [0.15, 0.2) is 78.2 Å². The molecular formula is C20H17N3O3. The number of methoxy groups -OCH3 is 1. The molecule has 0 radical (unpaired) electrons. The van der Waals surface area contributed by atoms with Crippen LogP contribution in [-0.2, 0) is 0 Å². The number of hydrazone groups is 1. The monoisotopic (exact) mass is 347 g/mol. The zero-order valence-electron chi connectivity index (χ0n) is 14.1. The third-order valence-electron chi connectivity index (χ3n) is 3.48. The summed E-state index contributed by atoms with van der Waals surface area (Å²) in [6.07, 6.45) is 4.64. The van der Waals surface area contributed by atoms with E-state index in [0.29, 0.717) is 17.1 Å². The molecule has 0 spiro atoms. The molecule has 6 nitrogen and oxygen atoms in total. The van der Waals surface area contributed by atoms with Gasteiger partial charge in [-0.15, -0.1) is 0 Å². The molecule has 3 aromatic rings. The van der Waals surface area contributed by atoms with Gasteiger partial charge in [0.2, 0.25) is 0 Å². The van der Waals surface area contributed by atoms with Crippen LogP contribution in [0.3, 0.4) is 0 Å². The van der Waals surface area contributed by atoms with E-state index < -0.39 is 0 Å². The van der Waals surface area contributed by atoms with E-state index in [0.717, 1.165) is 11.3 Å². The van der Waals surface area contributed by atoms with E-state index >= 15 is 0 Å². The standard InChI is InChI=1S/C20H17N3O3/c1-25-19-13-15(7-8-18(19)26-17-5-3-2-4-6-17)14-22-23-20(24)16-9-11-21-12-10-16/h2-14H,1H3,(H,23,24)/b22-14+. The van der Waals surface area contributed by atoms with Gasteiger partial charge in [0, 0.05) is 18.0 Å². The first-order chi connectivity index (χ1) is 12.8. The molecule has 6 heteroatoms. The van der Waals surface area contributed by atoms with Gasteiger partial charge in [0.1, 0.15) is 5.75 Å². The average molecular weight is 347 g/mol. The van der Waals surface area contributed by atoms with Gasteiger partial charge in [-0.2, -0.15) is 5.10 Å². The first kappa shape index (κ1) is 17.2. The van der Waals surface area contributed by atoms with Crippen molar-refractivity contribution in [2.45, 2.75) is 0 Å². The maximum absolute atomic E-state index is 11.9. The molecule has 0 aliphatic rings. The van der Waals surface area contributed by atoms with Gasteiger partial charge < -0.3 is 9.47 Å². The van der Waals surface area contributed by atoms with Crippen molar-refractivity contribution in [3.63, 3.8) is 0 Å². The van der Waals surface area contributed by atoms with Crippen LogP contribution in [0.5, 0.6) is 17.2 Å². The molecule has 0 atom stereocenters. The molecule has 1 N–H and O–H groups in total. The molecule has 0 saturated carbocycles. The molecule has 0 aliphatic heterocycles. The molecule has 1 heterocycles. The van der Waals surface area contributed by atoms with Gasteiger partial charge in [-0.1, -0.05) is 18.2 Å². The number of benzene rings is 2. The van der Waals surface area contributed by atoms with Crippen molar-refractivity contribution in [1.29, 1.82) is 0 Å². The van der Waals surface area contributed by atoms with Crippen LogP contribution in [-0.4, -0.2) is 24.2 Å². The molecule has 1 aromatic heterocycles. The lowest BCUT2D eigenvalue weighted by atomic mass is 10.2. The molecule has 0 saturated heterocycles. The van der Waals surface area contributed by atoms with Crippen LogP contribution in [0, 0.1) is 0 Å². The van der Waals surface area contributed by atoms with E-state index in [9.17, 15) is 4.79 Å². The molecule has 0 fully saturated rings. The molecule has 26 heavy (non-hydrogen) atoms. The zero-order valence-corrected chi connectivity index (χ0v) is 14.1. The molecule has 2 aromatic carbocycles. The number of ether oxygens (including phenoxy) is 2. The molecule has 0 aliphatic carbocycles. The van der Waals surface area contributed by atoms with Gasteiger partial charge in [0.15, 0.2) is 11.5 Å². The summed E-state index contributed by atoms with van der Waals surface area (Å²) in [5.41, 5.74) is 3.72. The summed E-state index contributed by atoms with van der Waals surface area (Å²) < 4.78 is 11.2. The summed E-state index contributed by atoms with van der Waals surface area (Å²) in [5.74, 6) is 1.58. The van der Waals surface area contributed by atoms with Crippen molar-refractivity contribution in [2.24, 2.45) is 5.10 Å². The summed E-state index contributed by atoms with van der Waals surface area (Å²) in [6.45, 7) is 0. The fourth-order valence-corrected chi connectivity index (χ4v) is 2.20. The molecule has 130 valence electrons. The Labute approximate surface area is 151 Å². The van der Waals surface area contributed by atoms with E-state index in [-0.39, 0.29) is 5.91 Å². The number of nitrogens with one attached hydrogen (secondary N) is 1. The van der Waals surface area contributed by atoms with Gasteiger partial charge in [-0.25, -0.2) is 5.43 Å². The van der Waals surface area contributed by atoms with Crippen LogP contribution in [0.2, 0.25) is 0 Å². The summed E-state index contributed by atoms with van der Waals surface area (Å²) >= 11 is 0. The zero-order chi connectivity index (χ0) is 18.2. The summed E-state index contributed by atoms with van der Waals surface area (Å²) in [6, 6.07) is 18.1. The van der Waals surface area contributed by atoms with E-state index in [1.807, 2.05) is 36.4 Å². The van der Waals surface area contributed by atoms with E-state index in [4.69, 9.17) is 9.47 Å². The summed E-state index contributed by atoms with van der Waals surface area (Å²) in [5, 5.41) is 3.97. The van der Waals surface area contributed by atoms with Gasteiger partial charge in [-0.05, 0) is 48.0 Å². The van der Waals surface area contributed by atoms with Crippen molar-refractivity contribution in [1.82, 2.24) is 10.4 Å². The minimum absolute atomic E-state index is 0.306. The van der Waals surface area contributed by atoms with Crippen LogP contribution >= 0.6 is 0 Å². The number of aromatic nitrogens is 1. The van der Waals surface area contributed by atoms with E-state index in [1.54, 1.807) is 43.8 Å². The predicted molar refractivity (Wildman–Crippen MR) is 98.8 cm³/mol. The Morgan fingerprint density at radius 3 is 2.54 bits per heavy atom. The third kappa shape index (κ3) is 4.45. The van der Waals surface area contributed by atoms with Crippen molar-refractivity contribution >= 4 is 12.1 Å². The van der Waals surface area contributed by atoms with Crippen molar-refractivity contribution < 1.29 is 14.3 Å². The third-order valence-corrected chi connectivity index (χ3v) is 3.48. The molecule has 1 amide bonds. The number of carbonyl (C=O) groups is 1. The SMILES string of the molecule is COc1cc(/C=N/NC(=O)c2ccncc2)ccc1Oc1ccccc1. The number of amides is 1. The lowest BCUT2D eigenvalue weighted by Crippen LogP contribution is -2.17. The number of para-hydroxylation sites is 1. The van der Waals surface area contributed by atoms with E-state index in [1.165, 1.54) is 6.21 Å². The average Bonchev–Trinajstić information content (AvgIpc) is 2.70. The second-order valence-electron chi connectivity index (χ2n) is 5.26. The molecular weight excluding hydrogens is 330 g/mol. The number of carbonyl (C=O) groups excluding carboxylic acids is 1. The highest BCUT2D eigenvalue weighted by atomic mass is 16.5. The van der Waals surface area contributed by atoms with Crippen molar-refractivity contribution in [3.05, 3.63) is 84.2 Å². The maximum Gasteiger partial charge on any atom is 0.271 e. The Hall–Kier alpha value is -3.67. The smallest absolute Gasteiger partial charge is 0.271 e. The predicted octanol–water partition coefficient (Wildman–Crippen LogP) is 3.65. The highest BCUT2D eigenvalue weighted by Crippen LogP contribution is 2.31. The van der Waals surface area contributed by atoms with Crippen molar-refractivity contribution in [2.75, 3.05) is 7.11 Å². The Balaban J connectivity index is 1.68. The lowest BCUT2D eigenvalue weighted by Gasteiger charge is -2.10. The topological polar surface area (TPSA) is 72.8 Å². The first-order valence-corrected chi connectivity index (χ1v) is 7.90. The Morgan fingerprint density at radius 1 is 1.04 bits per heavy atom. The maximum atomic E-state index is 11.9. The van der Waals surface area contributed by atoms with Gasteiger partial charge in [0.25, 0.3) is 5.91 Å². The first-order valence-electron chi connectivity index (χ1n) is 7.90. The Morgan fingerprint density at radius 2 is 1.81 bits per heavy atom. The number of hydrogen-bond acceptors (Lipinski definition) is 5. The largest absolute Gasteiger partial charge is 0.493 e. The highest BCUT2D eigenvalue weighted by molar-refractivity contribution is 5.94. The lowest BCUT2D eigenvalue weighted by molar-refractivity contribution is 0.0955. The van der Waals surface area contributed by atoms with Crippen LogP contribution < -0.4 is 14.9 Å². The number of nitrogens with zero attached hydrogens (tertiary/aromatic N) is 2. The van der Waals surface area contributed by atoms with Crippen molar-refractivity contribution in [3.8, 4) is 17.2 Å². The molecule has 0 unspecified atom stereocenters. The van der Waals surface area contributed by atoms with Gasteiger partial charge >= 0.3 is 0 Å². The van der Waals surface area contributed by atoms with Gasteiger partial charge in [-0.3, -0.25) is 9.78 Å². The van der Waals surface area contributed by atoms with E-state index in [2.05, 4.69) is 15.5 Å². The molecule has 0 bridgehead atoms. The second kappa shape index (κ2) is 8.43. The van der Waals surface area contributed by atoms with Crippen LogP contribution in [0.1, 0.15) is 15.9 Å². The number of pyridine rings is 1. The second-order valence-corrected chi connectivity index (χ2v) is 5.26. The summed E-state index contributed by atoms with van der Waals surface area (Å²) in [4.78, 5) is 15.8. The Kier molecular flexibility index (Phi) is 5.57.